The molecule has 2 aromatic heterocycles. The molecule has 0 saturated carbocycles. The highest BCUT2D eigenvalue weighted by atomic mass is 32.2. The number of hydrogen-bond acceptors (Lipinski definition) is 5. The van der Waals surface area contributed by atoms with Crippen LogP contribution >= 0.6 is 0 Å². The fraction of sp³-hybridized carbons (Fsp3) is 0.389. The van der Waals surface area contributed by atoms with Gasteiger partial charge in [-0.15, -0.1) is 0 Å². The molecule has 0 N–H and O–H groups in total. The van der Waals surface area contributed by atoms with Crippen molar-refractivity contribution in [2.24, 2.45) is 7.05 Å². The first-order chi connectivity index (χ1) is 12.9. The number of nitrogens with zero attached hydrogens (tertiary/aromatic N) is 5. The molecule has 4 rings (SSSR count). The summed E-state index contributed by atoms with van der Waals surface area (Å²) in [6.07, 6.45) is 3.34. The van der Waals surface area contributed by atoms with E-state index in [-0.39, 0.29) is 16.6 Å². The van der Waals surface area contributed by atoms with Gasteiger partial charge in [0.05, 0.1) is 5.52 Å². The summed E-state index contributed by atoms with van der Waals surface area (Å²) >= 11 is 0. The van der Waals surface area contributed by atoms with Crippen LogP contribution in [0, 0.1) is 0 Å². The Bertz CT molecular complexity index is 1160. The van der Waals surface area contributed by atoms with E-state index in [9.17, 15) is 13.2 Å². The van der Waals surface area contributed by atoms with Gasteiger partial charge < -0.3 is 0 Å². The fourth-order valence-electron chi connectivity index (χ4n) is 3.68. The van der Waals surface area contributed by atoms with Gasteiger partial charge in [0.15, 0.2) is 0 Å². The number of aromatic nitrogens is 4. The van der Waals surface area contributed by atoms with Gasteiger partial charge in [-0.2, -0.15) is 9.40 Å². The molecule has 0 bridgehead atoms. The van der Waals surface area contributed by atoms with Gasteiger partial charge in [-0.25, -0.2) is 17.9 Å². The zero-order valence-electron chi connectivity index (χ0n) is 15.2. The standard InChI is InChI=1S/C18H21N5O3S/c1-21-18(24)23-12-10-14(8-9-16(23)20-21)22(2)27(25,26)15-7-3-5-13-6-4-11-19-17(13)15/h3-7,11,14H,8-10,12H2,1-2H3. The molecule has 1 aliphatic rings. The molecule has 8 nitrogen and oxygen atoms in total. The molecule has 1 aliphatic heterocycles. The Labute approximate surface area is 157 Å². The molecule has 0 fully saturated rings. The number of aryl methyl sites for hydroxylation is 2. The molecular weight excluding hydrogens is 366 g/mol. The van der Waals surface area contributed by atoms with Crippen LogP contribution in [0.5, 0.6) is 0 Å². The van der Waals surface area contributed by atoms with Crippen LogP contribution in [0.2, 0.25) is 0 Å². The van der Waals surface area contributed by atoms with E-state index >= 15 is 0 Å². The summed E-state index contributed by atoms with van der Waals surface area (Å²) in [6.45, 7) is 0.459. The van der Waals surface area contributed by atoms with Crippen LogP contribution in [0.4, 0.5) is 0 Å². The molecule has 0 spiro atoms. The maximum atomic E-state index is 13.3. The Kier molecular flexibility index (Phi) is 4.35. The Morgan fingerprint density at radius 1 is 1.19 bits per heavy atom. The van der Waals surface area contributed by atoms with Crippen LogP contribution in [0.25, 0.3) is 10.9 Å². The molecule has 27 heavy (non-hydrogen) atoms. The van der Waals surface area contributed by atoms with Crippen molar-refractivity contribution in [3.8, 4) is 0 Å². The minimum Gasteiger partial charge on any atom is -0.279 e. The lowest BCUT2D eigenvalue weighted by Crippen LogP contribution is -2.38. The van der Waals surface area contributed by atoms with Crippen molar-refractivity contribution in [2.75, 3.05) is 7.05 Å². The maximum absolute atomic E-state index is 13.3. The van der Waals surface area contributed by atoms with E-state index in [2.05, 4.69) is 10.1 Å². The highest BCUT2D eigenvalue weighted by molar-refractivity contribution is 7.89. The summed E-state index contributed by atoms with van der Waals surface area (Å²) in [5.74, 6) is 0.711. The largest absolute Gasteiger partial charge is 0.345 e. The topological polar surface area (TPSA) is 90.1 Å². The van der Waals surface area contributed by atoms with Crippen LogP contribution in [-0.4, -0.2) is 45.1 Å². The normalized spacial score (nSPS) is 17.8. The predicted molar refractivity (Wildman–Crippen MR) is 101 cm³/mol. The number of sulfonamides is 1. The van der Waals surface area contributed by atoms with Gasteiger partial charge >= 0.3 is 5.69 Å². The Morgan fingerprint density at radius 2 is 1.96 bits per heavy atom. The van der Waals surface area contributed by atoms with E-state index in [0.717, 1.165) is 5.39 Å². The minimum atomic E-state index is -3.71. The smallest absolute Gasteiger partial charge is 0.279 e. The number of benzene rings is 1. The lowest BCUT2D eigenvalue weighted by molar-refractivity contribution is 0.329. The van der Waals surface area contributed by atoms with Crippen molar-refractivity contribution >= 4 is 20.9 Å². The molecule has 0 aliphatic carbocycles. The monoisotopic (exact) mass is 387 g/mol. The second-order valence-corrected chi connectivity index (χ2v) is 8.77. The van der Waals surface area contributed by atoms with Crippen LogP contribution in [0.1, 0.15) is 18.7 Å². The molecule has 0 saturated heterocycles. The van der Waals surface area contributed by atoms with Gasteiger partial charge in [0, 0.05) is 44.7 Å². The number of rotatable bonds is 3. The van der Waals surface area contributed by atoms with Gasteiger partial charge in [0.25, 0.3) is 0 Å². The quantitative estimate of drug-likeness (QED) is 0.673. The maximum Gasteiger partial charge on any atom is 0.345 e. The summed E-state index contributed by atoms with van der Waals surface area (Å²) in [6, 6.07) is 8.61. The van der Waals surface area contributed by atoms with Crippen molar-refractivity contribution in [3.05, 3.63) is 52.8 Å². The first-order valence-electron chi connectivity index (χ1n) is 8.84. The molecule has 1 atom stereocenters. The Balaban J connectivity index is 1.66. The van der Waals surface area contributed by atoms with Gasteiger partial charge in [-0.05, 0) is 25.0 Å². The lowest BCUT2D eigenvalue weighted by atomic mass is 10.1. The Hall–Kier alpha value is -2.52. The molecule has 3 heterocycles. The van der Waals surface area contributed by atoms with Crippen molar-refractivity contribution in [2.45, 2.75) is 36.7 Å². The summed E-state index contributed by atoms with van der Waals surface area (Å²) in [7, 11) is -0.477. The highest BCUT2D eigenvalue weighted by Gasteiger charge is 2.31. The van der Waals surface area contributed by atoms with Crippen LogP contribution < -0.4 is 5.69 Å². The first-order valence-corrected chi connectivity index (χ1v) is 10.3. The minimum absolute atomic E-state index is 0.158. The highest BCUT2D eigenvalue weighted by Crippen LogP contribution is 2.27. The van der Waals surface area contributed by atoms with Crippen LogP contribution in [-0.2, 0) is 30.0 Å². The van der Waals surface area contributed by atoms with Crippen molar-refractivity contribution in [3.63, 3.8) is 0 Å². The third-order valence-corrected chi connectivity index (χ3v) is 7.18. The number of hydrogen-bond donors (Lipinski definition) is 0. The first kappa shape index (κ1) is 17.9. The van der Waals surface area contributed by atoms with E-state index < -0.39 is 10.0 Å². The summed E-state index contributed by atoms with van der Waals surface area (Å²) < 4.78 is 31.0. The molecule has 1 aromatic carbocycles. The molecule has 142 valence electrons. The zero-order chi connectivity index (χ0) is 19.2. The van der Waals surface area contributed by atoms with E-state index in [4.69, 9.17) is 0 Å². The van der Waals surface area contributed by atoms with Gasteiger partial charge in [0.1, 0.15) is 10.7 Å². The molecule has 0 radical (unpaired) electrons. The summed E-state index contributed by atoms with van der Waals surface area (Å²) in [5, 5.41) is 5.04. The molecule has 9 heteroatoms. The second kappa shape index (κ2) is 6.58. The summed E-state index contributed by atoms with van der Waals surface area (Å²) in [5.41, 5.74) is 0.316. The molecular formula is C18H21N5O3S. The summed E-state index contributed by atoms with van der Waals surface area (Å²) in [4.78, 5) is 16.6. The molecule has 1 unspecified atom stereocenters. The van der Waals surface area contributed by atoms with Gasteiger partial charge in [-0.3, -0.25) is 9.55 Å². The van der Waals surface area contributed by atoms with Crippen molar-refractivity contribution in [1.82, 2.24) is 23.6 Å². The van der Waals surface area contributed by atoms with Gasteiger partial charge in [0.2, 0.25) is 10.0 Å². The van der Waals surface area contributed by atoms with Crippen molar-refractivity contribution < 1.29 is 8.42 Å². The predicted octanol–water partition coefficient (Wildman–Crippen LogP) is 1.16. The van der Waals surface area contributed by atoms with E-state index in [1.807, 2.05) is 12.1 Å². The zero-order valence-corrected chi connectivity index (χ0v) is 16.1. The van der Waals surface area contributed by atoms with Crippen molar-refractivity contribution in [1.29, 1.82) is 0 Å². The van der Waals surface area contributed by atoms with Crippen LogP contribution in [0.3, 0.4) is 0 Å². The fourth-order valence-corrected chi connectivity index (χ4v) is 5.26. The average molecular weight is 387 g/mol. The Morgan fingerprint density at radius 3 is 2.78 bits per heavy atom. The van der Waals surface area contributed by atoms with E-state index in [0.29, 0.717) is 37.1 Å². The second-order valence-electron chi connectivity index (χ2n) is 6.81. The lowest BCUT2D eigenvalue weighted by Gasteiger charge is -2.26. The number of fused-ring (bicyclic) bond motifs is 2. The van der Waals surface area contributed by atoms with E-state index in [1.165, 1.54) is 8.99 Å². The van der Waals surface area contributed by atoms with Gasteiger partial charge in [-0.1, -0.05) is 18.2 Å². The third kappa shape index (κ3) is 2.96. The van der Waals surface area contributed by atoms with Crippen LogP contribution in [0.15, 0.2) is 46.2 Å². The third-order valence-electron chi connectivity index (χ3n) is 5.24. The number of para-hydroxylation sites is 1. The molecule has 3 aromatic rings. The van der Waals surface area contributed by atoms with E-state index in [1.54, 1.807) is 43.1 Å². The number of pyridine rings is 1. The SMILES string of the molecule is CN(C1CCc2nn(C)c(=O)n2CC1)S(=O)(=O)c1cccc2cccnc12. The average Bonchev–Trinajstić information content (AvgIpc) is 2.83. The molecule has 0 amide bonds.